The molecule has 7 nitrogen and oxygen atoms in total. The lowest BCUT2D eigenvalue weighted by atomic mass is 10.1. The van der Waals surface area contributed by atoms with Gasteiger partial charge in [-0.05, 0) is 43.9 Å². The molecule has 1 heterocycles. The number of benzene rings is 1. The highest BCUT2D eigenvalue weighted by atomic mass is 35.5. The van der Waals surface area contributed by atoms with Crippen molar-refractivity contribution in [1.29, 1.82) is 0 Å². The van der Waals surface area contributed by atoms with Crippen LogP contribution in [0.25, 0.3) is 0 Å². The molecule has 1 aliphatic heterocycles. The zero-order valence-corrected chi connectivity index (χ0v) is 16.5. The Labute approximate surface area is 164 Å². The predicted octanol–water partition coefficient (Wildman–Crippen LogP) is 2.80. The van der Waals surface area contributed by atoms with Crippen LogP contribution in [0.4, 0.5) is 5.69 Å². The molecular formula is C18H23ClN2O5S. The monoisotopic (exact) mass is 414 g/mol. The lowest BCUT2D eigenvalue weighted by molar-refractivity contribution is -0.151. The number of sulfonamides is 1. The smallest absolute Gasteiger partial charge is 0.309 e. The summed E-state index contributed by atoms with van der Waals surface area (Å²) in [6, 6.07) is 4.20. The van der Waals surface area contributed by atoms with Crippen molar-refractivity contribution in [2.24, 2.45) is 5.92 Å². The summed E-state index contributed by atoms with van der Waals surface area (Å²) in [4.78, 5) is 24.1. The molecule has 1 amide bonds. The van der Waals surface area contributed by atoms with Gasteiger partial charge in [0.25, 0.3) is 5.91 Å². The van der Waals surface area contributed by atoms with Crippen LogP contribution in [0.2, 0.25) is 5.02 Å². The molecule has 1 aliphatic carbocycles. The quantitative estimate of drug-likeness (QED) is 0.722. The average molecular weight is 415 g/mol. The van der Waals surface area contributed by atoms with Gasteiger partial charge in [0.2, 0.25) is 10.0 Å². The molecule has 0 unspecified atom stereocenters. The SMILES string of the molecule is O=C(COC(=O)C1CCCC1)Nc1cc(S(=O)(=O)N2CCCC2)ccc1Cl. The van der Waals surface area contributed by atoms with Gasteiger partial charge in [0.15, 0.2) is 6.61 Å². The first kappa shape index (κ1) is 20.1. The summed E-state index contributed by atoms with van der Waals surface area (Å²) >= 11 is 6.09. The van der Waals surface area contributed by atoms with Crippen molar-refractivity contribution in [2.75, 3.05) is 25.0 Å². The summed E-state index contributed by atoms with van der Waals surface area (Å²) in [5, 5.41) is 2.74. The summed E-state index contributed by atoms with van der Waals surface area (Å²) in [5.41, 5.74) is 0.179. The van der Waals surface area contributed by atoms with Crippen LogP contribution >= 0.6 is 11.6 Å². The topological polar surface area (TPSA) is 92.8 Å². The molecule has 1 saturated carbocycles. The number of esters is 1. The van der Waals surface area contributed by atoms with Crippen LogP contribution in [0.3, 0.4) is 0 Å². The van der Waals surface area contributed by atoms with Crippen molar-refractivity contribution in [1.82, 2.24) is 4.31 Å². The van der Waals surface area contributed by atoms with E-state index in [0.29, 0.717) is 13.1 Å². The number of amides is 1. The van der Waals surface area contributed by atoms with Crippen molar-refractivity contribution >= 4 is 39.2 Å². The van der Waals surface area contributed by atoms with E-state index in [1.807, 2.05) is 0 Å². The molecule has 0 bridgehead atoms. The highest BCUT2D eigenvalue weighted by Gasteiger charge is 2.28. The molecule has 1 aromatic rings. The summed E-state index contributed by atoms with van der Waals surface area (Å²) < 4.78 is 31.8. The normalized spacial score (nSPS) is 18.6. The van der Waals surface area contributed by atoms with Crippen molar-refractivity contribution < 1.29 is 22.7 Å². The van der Waals surface area contributed by atoms with Gasteiger partial charge in [-0.1, -0.05) is 24.4 Å². The summed E-state index contributed by atoms with van der Waals surface area (Å²) in [6.45, 7) is 0.558. The molecule has 0 radical (unpaired) electrons. The molecule has 0 spiro atoms. The maximum Gasteiger partial charge on any atom is 0.309 e. The minimum Gasteiger partial charge on any atom is -0.455 e. The predicted molar refractivity (Wildman–Crippen MR) is 101 cm³/mol. The lowest BCUT2D eigenvalue weighted by Crippen LogP contribution is -2.28. The maximum atomic E-state index is 12.6. The molecule has 3 rings (SSSR count). The number of ether oxygens (including phenoxy) is 1. The van der Waals surface area contributed by atoms with Gasteiger partial charge in [0, 0.05) is 13.1 Å². The number of carbonyl (C=O) groups is 2. The fraction of sp³-hybridized carbons (Fsp3) is 0.556. The molecule has 1 saturated heterocycles. The Balaban J connectivity index is 1.63. The van der Waals surface area contributed by atoms with Crippen LogP contribution in [0.1, 0.15) is 38.5 Å². The van der Waals surface area contributed by atoms with Gasteiger partial charge in [0.05, 0.1) is 21.5 Å². The largest absolute Gasteiger partial charge is 0.455 e. The number of rotatable bonds is 6. The van der Waals surface area contributed by atoms with Crippen molar-refractivity contribution in [3.63, 3.8) is 0 Å². The van der Waals surface area contributed by atoms with E-state index >= 15 is 0 Å². The Hall–Kier alpha value is -1.64. The van der Waals surface area contributed by atoms with E-state index in [2.05, 4.69) is 5.32 Å². The maximum absolute atomic E-state index is 12.6. The molecule has 148 valence electrons. The molecule has 9 heteroatoms. The molecule has 0 atom stereocenters. The number of hydrogen-bond acceptors (Lipinski definition) is 5. The standard InChI is InChI=1S/C18H23ClN2O5S/c19-15-8-7-14(27(24,25)21-9-3-4-10-21)11-16(15)20-17(22)12-26-18(23)13-5-1-2-6-13/h7-8,11,13H,1-6,9-10,12H2,(H,20,22). The first-order chi connectivity index (χ1) is 12.9. The number of nitrogens with one attached hydrogen (secondary N) is 1. The van der Waals surface area contributed by atoms with E-state index in [4.69, 9.17) is 16.3 Å². The average Bonchev–Trinajstić information content (AvgIpc) is 3.35. The summed E-state index contributed by atoms with van der Waals surface area (Å²) in [6.07, 6.45) is 5.26. The molecule has 2 fully saturated rings. The number of halogens is 1. The van der Waals surface area contributed by atoms with Crippen LogP contribution in [0.5, 0.6) is 0 Å². The number of hydrogen-bond donors (Lipinski definition) is 1. The minimum atomic E-state index is -3.61. The van der Waals surface area contributed by atoms with Gasteiger partial charge >= 0.3 is 5.97 Å². The fourth-order valence-electron chi connectivity index (χ4n) is 3.44. The Kier molecular flexibility index (Phi) is 6.39. The van der Waals surface area contributed by atoms with Crippen LogP contribution < -0.4 is 5.32 Å². The lowest BCUT2D eigenvalue weighted by Gasteiger charge is -2.17. The number of nitrogens with zero attached hydrogens (tertiary/aromatic N) is 1. The van der Waals surface area contributed by atoms with E-state index in [1.54, 1.807) is 0 Å². The van der Waals surface area contributed by atoms with Gasteiger partial charge < -0.3 is 10.1 Å². The second-order valence-corrected chi connectivity index (χ2v) is 9.24. The van der Waals surface area contributed by atoms with E-state index < -0.39 is 22.5 Å². The van der Waals surface area contributed by atoms with Crippen molar-refractivity contribution in [2.45, 2.75) is 43.4 Å². The van der Waals surface area contributed by atoms with Crippen LogP contribution in [-0.2, 0) is 24.3 Å². The van der Waals surface area contributed by atoms with Crippen LogP contribution in [0.15, 0.2) is 23.1 Å². The Morgan fingerprint density at radius 1 is 1.15 bits per heavy atom. The third-order valence-corrected chi connectivity index (χ3v) is 7.17. The van der Waals surface area contributed by atoms with E-state index in [0.717, 1.165) is 38.5 Å². The zero-order valence-electron chi connectivity index (χ0n) is 14.9. The van der Waals surface area contributed by atoms with Gasteiger partial charge in [-0.3, -0.25) is 9.59 Å². The Morgan fingerprint density at radius 2 is 1.81 bits per heavy atom. The molecule has 1 aromatic carbocycles. The van der Waals surface area contributed by atoms with Crippen LogP contribution in [0, 0.1) is 5.92 Å². The highest BCUT2D eigenvalue weighted by Crippen LogP contribution is 2.29. The summed E-state index contributed by atoms with van der Waals surface area (Å²) in [5.74, 6) is -1.05. The van der Waals surface area contributed by atoms with Crippen molar-refractivity contribution in [3.8, 4) is 0 Å². The molecule has 0 aromatic heterocycles. The second kappa shape index (κ2) is 8.58. The minimum absolute atomic E-state index is 0.0760. The fourth-order valence-corrected chi connectivity index (χ4v) is 5.15. The van der Waals surface area contributed by atoms with E-state index in [-0.39, 0.29) is 27.5 Å². The third-order valence-electron chi connectivity index (χ3n) is 4.95. The van der Waals surface area contributed by atoms with Crippen LogP contribution in [-0.4, -0.2) is 44.3 Å². The molecule has 1 N–H and O–H groups in total. The van der Waals surface area contributed by atoms with Gasteiger partial charge in [0.1, 0.15) is 0 Å². The van der Waals surface area contributed by atoms with E-state index in [9.17, 15) is 18.0 Å². The summed E-state index contributed by atoms with van der Waals surface area (Å²) in [7, 11) is -3.61. The second-order valence-electron chi connectivity index (χ2n) is 6.89. The number of anilines is 1. The van der Waals surface area contributed by atoms with Gasteiger partial charge in [-0.15, -0.1) is 0 Å². The Morgan fingerprint density at radius 3 is 2.48 bits per heavy atom. The molecule has 2 aliphatic rings. The van der Waals surface area contributed by atoms with Gasteiger partial charge in [-0.2, -0.15) is 4.31 Å². The first-order valence-electron chi connectivity index (χ1n) is 9.14. The molecular weight excluding hydrogens is 392 g/mol. The van der Waals surface area contributed by atoms with Crippen molar-refractivity contribution in [3.05, 3.63) is 23.2 Å². The van der Waals surface area contributed by atoms with E-state index in [1.165, 1.54) is 22.5 Å². The number of carbonyl (C=O) groups excluding carboxylic acids is 2. The first-order valence-corrected chi connectivity index (χ1v) is 11.0. The zero-order chi connectivity index (χ0) is 19.4. The third kappa shape index (κ3) is 4.80. The molecule has 27 heavy (non-hydrogen) atoms. The van der Waals surface area contributed by atoms with Gasteiger partial charge in [-0.25, -0.2) is 8.42 Å². The highest BCUT2D eigenvalue weighted by molar-refractivity contribution is 7.89. The Bertz CT molecular complexity index is 815.